The molecule has 0 N–H and O–H groups in total. The highest BCUT2D eigenvalue weighted by atomic mass is 16.7. The van der Waals surface area contributed by atoms with Gasteiger partial charge in [0, 0.05) is 44.9 Å². The van der Waals surface area contributed by atoms with E-state index in [0.29, 0.717) is 24.6 Å². The predicted molar refractivity (Wildman–Crippen MR) is 82.6 cm³/mol. The van der Waals surface area contributed by atoms with Crippen LogP contribution >= 0.6 is 0 Å². The van der Waals surface area contributed by atoms with Crippen molar-refractivity contribution in [2.75, 3.05) is 25.0 Å². The minimum Gasteiger partial charge on any atom is -0.386 e. The highest BCUT2D eigenvalue weighted by molar-refractivity contribution is 6.39. The Kier molecular flexibility index (Phi) is 3.72. The molecule has 0 bridgehead atoms. The number of carbonyl (C=O) groups is 1. The number of amides is 1. The van der Waals surface area contributed by atoms with E-state index in [1.807, 2.05) is 13.8 Å². The van der Waals surface area contributed by atoms with Gasteiger partial charge in [-0.2, -0.15) is 0 Å². The van der Waals surface area contributed by atoms with Crippen LogP contribution in [0.25, 0.3) is 0 Å². The van der Waals surface area contributed by atoms with Crippen molar-refractivity contribution in [3.63, 3.8) is 0 Å². The third-order valence-electron chi connectivity index (χ3n) is 4.33. The second-order valence-electron chi connectivity index (χ2n) is 6.22. The first kappa shape index (κ1) is 14.7. The molecule has 1 fully saturated rings. The molecule has 118 valence electrons. The van der Waals surface area contributed by atoms with Gasteiger partial charge in [0.25, 0.3) is 5.91 Å². The monoisotopic (exact) mass is 303 g/mol. The Morgan fingerprint density at radius 1 is 1.41 bits per heavy atom. The lowest BCUT2D eigenvalue weighted by Crippen LogP contribution is -2.40. The number of nitrogens with zero attached hydrogens (tertiary/aromatic N) is 5. The molecule has 0 aromatic carbocycles. The first-order valence-corrected chi connectivity index (χ1v) is 7.55. The number of carbonyl (C=O) groups excluding carboxylic acids is 1. The van der Waals surface area contributed by atoms with Crippen molar-refractivity contribution < 1.29 is 9.63 Å². The summed E-state index contributed by atoms with van der Waals surface area (Å²) < 4.78 is 0. The van der Waals surface area contributed by atoms with Gasteiger partial charge in [-0.3, -0.25) is 4.79 Å². The zero-order valence-electron chi connectivity index (χ0n) is 13.2. The number of aromatic nitrogens is 2. The molecule has 2 aliphatic heterocycles. The number of hydrogen-bond donors (Lipinski definition) is 0. The van der Waals surface area contributed by atoms with Crippen LogP contribution in [0.5, 0.6) is 0 Å². The highest BCUT2D eigenvalue weighted by Crippen LogP contribution is 2.35. The van der Waals surface area contributed by atoms with Crippen LogP contribution in [0.15, 0.2) is 23.6 Å². The van der Waals surface area contributed by atoms with E-state index in [2.05, 4.69) is 20.0 Å². The molecular formula is C15H21N5O2. The number of hydrogen-bond acceptors (Lipinski definition) is 6. The normalized spacial score (nSPS) is 23.8. The molecule has 7 heteroatoms. The van der Waals surface area contributed by atoms with Gasteiger partial charge in [-0.05, 0) is 19.9 Å². The maximum absolute atomic E-state index is 12.4. The largest absolute Gasteiger partial charge is 0.386 e. The van der Waals surface area contributed by atoms with E-state index in [0.717, 1.165) is 13.0 Å². The van der Waals surface area contributed by atoms with Crippen molar-refractivity contribution in [2.24, 2.45) is 5.16 Å². The SMILES string of the molecule is CC(C)N(C)C(=O)C1=NO[C@]2(CCN(c3ncccn3)C2)C1. The lowest BCUT2D eigenvalue weighted by molar-refractivity contribution is -0.124. The predicted octanol–water partition coefficient (Wildman–Crippen LogP) is 1.07. The molecule has 0 radical (unpaired) electrons. The maximum Gasteiger partial charge on any atom is 0.271 e. The van der Waals surface area contributed by atoms with Crippen molar-refractivity contribution in [1.82, 2.24) is 14.9 Å². The third-order valence-corrected chi connectivity index (χ3v) is 4.33. The standard InChI is InChI=1S/C15H21N5O2/c1-11(2)19(3)13(21)12-9-15(22-18-12)5-8-20(10-15)14-16-6-4-7-17-14/h4,6-7,11H,5,8-10H2,1-3H3/t15-/m1/s1. The van der Waals surface area contributed by atoms with E-state index >= 15 is 0 Å². The number of anilines is 1. The van der Waals surface area contributed by atoms with Crippen molar-refractivity contribution >= 4 is 17.6 Å². The molecule has 2 aliphatic rings. The van der Waals surface area contributed by atoms with Crippen molar-refractivity contribution in [1.29, 1.82) is 0 Å². The summed E-state index contributed by atoms with van der Waals surface area (Å²) in [5, 5.41) is 4.06. The van der Waals surface area contributed by atoms with Crippen LogP contribution in [-0.2, 0) is 9.63 Å². The minimum absolute atomic E-state index is 0.0544. The topological polar surface area (TPSA) is 70.9 Å². The summed E-state index contributed by atoms with van der Waals surface area (Å²) in [6.07, 6.45) is 4.82. The van der Waals surface area contributed by atoms with Crippen LogP contribution in [0, 0.1) is 0 Å². The Hall–Kier alpha value is -2.18. The van der Waals surface area contributed by atoms with E-state index in [1.54, 1.807) is 30.4 Å². The number of oxime groups is 1. The van der Waals surface area contributed by atoms with E-state index in [-0.39, 0.29) is 11.9 Å². The lowest BCUT2D eigenvalue weighted by atomic mass is 9.96. The van der Waals surface area contributed by atoms with Gasteiger partial charge in [0.1, 0.15) is 5.71 Å². The molecule has 7 nitrogen and oxygen atoms in total. The summed E-state index contributed by atoms with van der Waals surface area (Å²) in [4.78, 5) is 30.3. The Bertz CT molecular complexity index is 589. The Labute approximate surface area is 130 Å². The van der Waals surface area contributed by atoms with Crippen LogP contribution in [0.1, 0.15) is 26.7 Å². The Balaban J connectivity index is 1.66. The van der Waals surface area contributed by atoms with Crippen LogP contribution < -0.4 is 4.90 Å². The van der Waals surface area contributed by atoms with Gasteiger partial charge in [0.2, 0.25) is 5.95 Å². The molecule has 1 atom stereocenters. The van der Waals surface area contributed by atoms with Crippen molar-refractivity contribution in [3.05, 3.63) is 18.5 Å². The first-order valence-electron chi connectivity index (χ1n) is 7.55. The Morgan fingerprint density at radius 2 is 2.14 bits per heavy atom. The zero-order chi connectivity index (χ0) is 15.7. The maximum atomic E-state index is 12.4. The highest BCUT2D eigenvalue weighted by Gasteiger charge is 2.47. The van der Waals surface area contributed by atoms with E-state index in [4.69, 9.17) is 4.84 Å². The van der Waals surface area contributed by atoms with E-state index < -0.39 is 5.60 Å². The summed E-state index contributed by atoms with van der Waals surface area (Å²) in [5.41, 5.74) is 0.0918. The summed E-state index contributed by atoms with van der Waals surface area (Å²) in [5.74, 6) is 0.642. The summed E-state index contributed by atoms with van der Waals surface area (Å²) in [6.45, 7) is 5.42. The molecule has 22 heavy (non-hydrogen) atoms. The number of rotatable bonds is 3. The van der Waals surface area contributed by atoms with Crippen LogP contribution in [0.2, 0.25) is 0 Å². The smallest absolute Gasteiger partial charge is 0.271 e. The van der Waals surface area contributed by atoms with Crippen molar-refractivity contribution in [2.45, 2.75) is 38.3 Å². The molecule has 1 spiro atoms. The Morgan fingerprint density at radius 3 is 2.82 bits per heavy atom. The van der Waals surface area contributed by atoms with E-state index in [1.165, 1.54) is 0 Å². The van der Waals surface area contributed by atoms with Gasteiger partial charge >= 0.3 is 0 Å². The molecule has 3 rings (SSSR count). The minimum atomic E-state index is -0.415. The molecule has 1 aromatic heterocycles. The van der Waals surface area contributed by atoms with Crippen LogP contribution in [0.3, 0.4) is 0 Å². The molecule has 1 aromatic rings. The first-order chi connectivity index (χ1) is 10.5. The molecule has 3 heterocycles. The second kappa shape index (κ2) is 5.55. The van der Waals surface area contributed by atoms with Gasteiger partial charge < -0.3 is 14.6 Å². The van der Waals surface area contributed by atoms with Gasteiger partial charge in [-0.25, -0.2) is 9.97 Å². The summed E-state index contributed by atoms with van der Waals surface area (Å²) in [6, 6.07) is 1.94. The van der Waals surface area contributed by atoms with Gasteiger partial charge in [-0.1, -0.05) is 5.16 Å². The lowest BCUT2D eigenvalue weighted by Gasteiger charge is -2.23. The van der Waals surface area contributed by atoms with Crippen LogP contribution in [0.4, 0.5) is 5.95 Å². The fourth-order valence-electron chi connectivity index (χ4n) is 2.76. The quantitative estimate of drug-likeness (QED) is 0.835. The molecule has 0 saturated carbocycles. The zero-order valence-corrected chi connectivity index (χ0v) is 13.2. The third kappa shape index (κ3) is 2.63. The summed E-state index contributed by atoms with van der Waals surface area (Å²) >= 11 is 0. The second-order valence-corrected chi connectivity index (χ2v) is 6.22. The fraction of sp³-hybridized carbons (Fsp3) is 0.600. The van der Waals surface area contributed by atoms with Gasteiger partial charge in [0.15, 0.2) is 5.60 Å². The van der Waals surface area contributed by atoms with Gasteiger partial charge in [-0.15, -0.1) is 0 Å². The molecule has 0 aliphatic carbocycles. The molecule has 0 unspecified atom stereocenters. The van der Waals surface area contributed by atoms with Crippen LogP contribution in [-0.4, -0.2) is 58.3 Å². The average Bonchev–Trinajstić information content (AvgIpc) is 3.14. The summed E-state index contributed by atoms with van der Waals surface area (Å²) in [7, 11) is 1.79. The average molecular weight is 303 g/mol. The molecule has 1 amide bonds. The van der Waals surface area contributed by atoms with Gasteiger partial charge in [0.05, 0.1) is 6.54 Å². The molecule has 1 saturated heterocycles. The van der Waals surface area contributed by atoms with Crippen molar-refractivity contribution in [3.8, 4) is 0 Å². The molecular weight excluding hydrogens is 282 g/mol. The van der Waals surface area contributed by atoms with E-state index in [9.17, 15) is 4.79 Å². The fourth-order valence-corrected chi connectivity index (χ4v) is 2.76.